The highest BCUT2D eigenvalue weighted by atomic mass is 16.5. The maximum Gasteiger partial charge on any atom is 0.213 e. The fourth-order valence-electron chi connectivity index (χ4n) is 2.01. The highest BCUT2D eigenvalue weighted by molar-refractivity contribution is 5.19. The largest absolute Gasteiger partial charge is 0.474 e. The minimum atomic E-state index is 0.338. The molecule has 88 valence electrons. The molecule has 0 aromatic carbocycles. The van der Waals surface area contributed by atoms with Crippen LogP contribution in [0, 0.1) is 6.92 Å². The minimum absolute atomic E-state index is 0.338. The molecule has 0 saturated heterocycles. The van der Waals surface area contributed by atoms with Gasteiger partial charge >= 0.3 is 0 Å². The molecule has 0 bridgehead atoms. The number of hydrogen-bond donors (Lipinski definition) is 1. The molecule has 0 atom stereocenters. The van der Waals surface area contributed by atoms with E-state index >= 15 is 0 Å². The third-order valence-corrected chi connectivity index (χ3v) is 2.84. The van der Waals surface area contributed by atoms with Gasteiger partial charge in [-0.15, -0.1) is 0 Å². The van der Waals surface area contributed by atoms with Crippen LogP contribution in [0.1, 0.15) is 32.3 Å². The number of rotatable bonds is 4. The van der Waals surface area contributed by atoms with E-state index in [1.807, 2.05) is 12.1 Å². The lowest BCUT2D eigenvalue weighted by molar-refractivity contribution is 0.0771. The van der Waals surface area contributed by atoms with Gasteiger partial charge in [0.05, 0.1) is 0 Å². The fraction of sp³-hybridized carbons (Fsp3) is 0.615. The molecule has 1 aliphatic rings. The van der Waals surface area contributed by atoms with Crippen molar-refractivity contribution in [2.24, 2.45) is 0 Å². The van der Waals surface area contributed by atoms with Crippen molar-refractivity contribution < 1.29 is 4.74 Å². The standard InChI is InChI=1S/C13H20N2O/c1-9(2)15-11-7-12(8-11)16-13-6-10(3)4-5-14-13/h4-6,9,11-12,15H,7-8H2,1-3H3/t11-,12-. The van der Waals surface area contributed by atoms with Crippen LogP contribution in [0.2, 0.25) is 0 Å². The molecule has 1 aromatic heterocycles. The van der Waals surface area contributed by atoms with E-state index in [1.165, 1.54) is 5.56 Å². The van der Waals surface area contributed by atoms with Gasteiger partial charge in [-0.3, -0.25) is 0 Å². The summed E-state index contributed by atoms with van der Waals surface area (Å²) in [6.45, 7) is 6.41. The highest BCUT2D eigenvalue weighted by Crippen LogP contribution is 2.25. The van der Waals surface area contributed by atoms with E-state index in [1.54, 1.807) is 6.20 Å². The number of aryl methyl sites for hydroxylation is 1. The third kappa shape index (κ3) is 2.95. The molecule has 1 saturated carbocycles. The van der Waals surface area contributed by atoms with Crippen LogP contribution in [0.4, 0.5) is 0 Å². The second-order valence-corrected chi connectivity index (χ2v) is 4.90. The lowest BCUT2D eigenvalue weighted by atomic mass is 9.89. The Morgan fingerprint density at radius 1 is 1.44 bits per heavy atom. The quantitative estimate of drug-likeness (QED) is 0.845. The second kappa shape index (κ2) is 4.83. The van der Waals surface area contributed by atoms with Gasteiger partial charge in [0.15, 0.2) is 0 Å². The summed E-state index contributed by atoms with van der Waals surface area (Å²) in [5.74, 6) is 0.757. The first kappa shape index (κ1) is 11.4. The van der Waals surface area contributed by atoms with Gasteiger partial charge in [0.25, 0.3) is 0 Å². The number of ether oxygens (including phenoxy) is 1. The average molecular weight is 220 g/mol. The maximum atomic E-state index is 5.79. The average Bonchev–Trinajstić information content (AvgIpc) is 2.14. The number of pyridine rings is 1. The first-order valence-corrected chi connectivity index (χ1v) is 5.99. The van der Waals surface area contributed by atoms with E-state index in [0.717, 1.165) is 18.7 Å². The molecule has 0 amide bonds. The molecule has 0 spiro atoms. The van der Waals surface area contributed by atoms with Crippen LogP contribution < -0.4 is 10.1 Å². The lowest BCUT2D eigenvalue weighted by Gasteiger charge is -2.36. The second-order valence-electron chi connectivity index (χ2n) is 4.90. The molecule has 2 rings (SSSR count). The van der Waals surface area contributed by atoms with E-state index in [4.69, 9.17) is 4.74 Å². The van der Waals surface area contributed by atoms with E-state index in [2.05, 4.69) is 31.1 Å². The molecule has 0 aliphatic heterocycles. The van der Waals surface area contributed by atoms with Gasteiger partial charge in [0.1, 0.15) is 6.10 Å². The number of aromatic nitrogens is 1. The van der Waals surface area contributed by atoms with Gasteiger partial charge in [0.2, 0.25) is 5.88 Å². The summed E-state index contributed by atoms with van der Waals surface area (Å²) in [5.41, 5.74) is 1.20. The summed E-state index contributed by atoms with van der Waals surface area (Å²) in [6.07, 6.45) is 4.32. The summed E-state index contributed by atoms with van der Waals surface area (Å²) in [5, 5.41) is 3.51. The number of hydrogen-bond acceptors (Lipinski definition) is 3. The topological polar surface area (TPSA) is 34.1 Å². The molecule has 0 radical (unpaired) electrons. The molecule has 1 fully saturated rings. The Morgan fingerprint density at radius 2 is 2.19 bits per heavy atom. The summed E-state index contributed by atoms with van der Waals surface area (Å²) in [7, 11) is 0. The molecule has 1 N–H and O–H groups in total. The Balaban J connectivity index is 1.77. The predicted molar refractivity (Wildman–Crippen MR) is 64.7 cm³/mol. The van der Waals surface area contributed by atoms with Crippen LogP contribution in [-0.4, -0.2) is 23.2 Å². The Hall–Kier alpha value is -1.09. The summed E-state index contributed by atoms with van der Waals surface area (Å²) >= 11 is 0. The molecule has 0 unspecified atom stereocenters. The SMILES string of the molecule is Cc1ccnc(O[C@H]2C[C@H](NC(C)C)C2)c1. The van der Waals surface area contributed by atoms with E-state index < -0.39 is 0 Å². The van der Waals surface area contributed by atoms with Crippen molar-refractivity contribution in [2.75, 3.05) is 0 Å². The Bertz CT molecular complexity index is 346. The lowest BCUT2D eigenvalue weighted by Crippen LogP contribution is -2.49. The smallest absolute Gasteiger partial charge is 0.213 e. The molecule has 1 heterocycles. The van der Waals surface area contributed by atoms with Gasteiger partial charge in [-0.2, -0.15) is 0 Å². The fourth-order valence-corrected chi connectivity index (χ4v) is 2.01. The van der Waals surface area contributed by atoms with Gasteiger partial charge in [0, 0.05) is 24.3 Å². The molecule has 1 aromatic rings. The van der Waals surface area contributed by atoms with Gasteiger partial charge in [-0.25, -0.2) is 4.98 Å². The van der Waals surface area contributed by atoms with Gasteiger partial charge in [-0.1, -0.05) is 13.8 Å². The van der Waals surface area contributed by atoms with E-state index in [9.17, 15) is 0 Å². The third-order valence-electron chi connectivity index (χ3n) is 2.84. The summed E-state index contributed by atoms with van der Waals surface area (Å²) in [4.78, 5) is 4.20. The normalized spacial score (nSPS) is 24.2. The first-order valence-electron chi connectivity index (χ1n) is 5.99. The van der Waals surface area contributed by atoms with Crippen LogP contribution >= 0.6 is 0 Å². The van der Waals surface area contributed by atoms with E-state index in [-0.39, 0.29) is 0 Å². The van der Waals surface area contributed by atoms with Crippen LogP contribution in [0.25, 0.3) is 0 Å². The number of nitrogens with zero attached hydrogens (tertiary/aromatic N) is 1. The Morgan fingerprint density at radius 3 is 2.81 bits per heavy atom. The molecule has 1 aliphatic carbocycles. The van der Waals surface area contributed by atoms with Crippen molar-refractivity contribution >= 4 is 0 Å². The maximum absolute atomic E-state index is 5.79. The van der Waals surface area contributed by atoms with Crippen molar-refractivity contribution in [3.05, 3.63) is 23.9 Å². The summed E-state index contributed by atoms with van der Waals surface area (Å²) in [6, 6.07) is 5.15. The monoisotopic (exact) mass is 220 g/mol. The van der Waals surface area contributed by atoms with Crippen molar-refractivity contribution in [3.8, 4) is 5.88 Å². The van der Waals surface area contributed by atoms with Crippen LogP contribution in [0.15, 0.2) is 18.3 Å². The van der Waals surface area contributed by atoms with E-state index in [0.29, 0.717) is 18.2 Å². The number of nitrogens with one attached hydrogen (secondary N) is 1. The zero-order chi connectivity index (χ0) is 11.5. The molecule has 3 nitrogen and oxygen atoms in total. The molecular formula is C13H20N2O. The molecular weight excluding hydrogens is 200 g/mol. The van der Waals surface area contributed by atoms with Crippen LogP contribution in [0.5, 0.6) is 5.88 Å². The zero-order valence-electron chi connectivity index (χ0n) is 10.2. The van der Waals surface area contributed by atoms with Gasteiger partial charge < -0.3 is 10.1 Å². The zero-order valence-corrected chi connectivity index (χ0v) is 10.2. The summed E-state index contributed by atoms with van der Waals surface area (Å²) < 4.78 is 5.79. The molecule has 16 heavy (non-hydrogen) atoms. The van der Waals surface area contributed by atoms with Crippen molar-refractivity contribution in [1.82, 2.24) is 10.3 Å². The van der Waals surface area contributed by atoms with Gasteiger partial charge in [-0.05, 0) is 31.4 Å². The predicted octanol–water partition coefficient (Wildman–Crippen LogP) is 2.30. The van der Waals surface area contributed by atoms with Crippen LogP contribution in [-0.2, 0) is 0 Å². The van der Waals surface area contributed by atoms with Crippen molar-refractivity contribution in [2.45, 2.75) is 51.8 Å². The van der Waals surface area contributed by atoms with Crippen molar-refractivity contribution in [3.63, 3.8) is 0 Å². The Kier molecular flexibility index (Phi) is 3.44. The van der Waals surface area contributed by atoms with Crippen molar-refractivity contribution in [1.29, 1.82) is 0 Å². The minimum Gasteiger partial charge on any atom is -0.474 e. The Labute approximate surface area is 97.2 Å². The first-order chi connectivity index (χ1) is 7.63. The van der Waals surface area contributed by atoms with Crippen LogP contribution in [0.3, 0.4) is 0 Å². The highest BCUT2D eigenvalue weighted by Gasteiger charge is 2.31. The molecule has 3 heteroatoms.